The fraction of sp³-hybridized carbons (Fsp3) is 0.300. The van der Waals surface area contributed by atoms with Gasteiger partial charge < -0.3 is 9.32 Å². The number of sulfone groups is 1. The number of hydrogen-bond acceptors (Lipinski definition) is 6. The lowest BCUT2D eigenvalue weighted by atomic mass is 10.1. The van der Waals surface area contributed by atoms with Gasteiger partial charge in [0.05, 0.1) is 23.4 Å². The molecule has 0 radical (unpaired) electrons. The normalized spacial score (nSPS) is 18.2. The zero-order chi connectivity index (χ0) is 20.8. The smallest absolute Gasteiger partial charge is 0.290 e. The molecule has 1 amide bonds. The first-order valence-corrected chi connectivity index (χ1v) is 11.7. The summed E-state index contributed by atoms with van der Waals surface area (Å²) in [7, 11) is -3.22. The quantitative estimate of drug-likeness (QED) is 0.629. The molecule has 3 heterocycles. The molecule has 1 saturated heterocycles. The van der Waals surface area contributed by atoms with Gasteiger partial charge in [0.15, 0.2) is 21.0 Å². The Balaban J connectivity index is 1.75. The van der Waals surface area contributed by atoms with Gasteiger partial charge in [-0.25, -0.2) is 12.8 Å². The van der Waals surface area contributed by atoms with Gasteiger partial charge >= 0.3 is 0 Å². The molecule has 0 aliphatic carbocycles. The van der Waals surface area contributed by atoms with Crippen LogP contribution in [0, 0.1) is 12.7 Å². The summed E-state index contributed by atoms with van der Waals surface area (Å²) in [6.07, 6.45) is 0.335. The lowest BCUT2D eigenvalue weighted by Crippen LogP contribution is -2.40. The number of carbonyl (C=O) groups excluding carboxylic acids is 1. The van der Waals surface area contributed by atoms with E-state index in [1.807, 2.05) is 18.4 Å². The van der Waals surface area contributed by atoms with Gasteiger partial charge in [-0.2, -0.15) is 0 Å². The van der Waals surface area contributed by atoms with Gasteiger partial charge in [0.2, 0.25) is 0 Å². The summed E-state index contributed by atoms with van der Waals surface area (Å²) in [6.45, 7) is 2.15. The van der Waals surface area contributed by atoms with Crippen molar-refractivity contribution in [2.75, 3.05) is 11.5 Å². The number of hydrogen-bond donors (Lipinski definition) is 0. The summed E-state index contributed by atoms with van der Waals surface area (Å²) in [6, 6.07) is 5.99. The zero-order valence-corrected chi connectivity index (χ0v) is 17.2. The molecule has 1 aliphatic heterocycles. The highest BCUT2D eigenvalue weighted by molar-refractivity contribution is 7.91. The van der Waals surface area contributed by atoms with Crippen LogP contribution >= 0.6 is 11.3 Å². The van der Waals surface area contributed by atoms with Gasteiger partial charge in [-0.05, 0) is 48.6 Å². The van der Waals surface area contributed by atoms with E-state index in [9.17, 15) is 22.4 Å². The number of carbonyl (C=O) groups is 1. The van der Waals surface area contributed by atoms with Crippen molar-refractivity contribution < 1.29 is 22.0 Å². The molecule has 4 rings (SSSR count). The van der Waals surface area contributed by atoms with Crippen LogP contribution in [0.25, 0.3) is 11.0 Å². The summed E-state index contributed by atoms with van der Waals surface area (Å²) in [5.74, 6) is -1.41. The van der Waals surface area contributed by atoms with Crippen LogP contribution in [0.1, 0.15) is 27.4 Å². The zero-order valence-electron chi connectivity index (χ0n) is 15.6. The van der Waals surface area contributed by atoms with Crippen LogP contribution in [-0.2, 0) is 16.4 Å². The van der Waals surface area contributed by atoms with E-state index in [-0.39, 0.29) is 34.8 Å². The molecular weight excluding hydrogens is 417 g/mol. The fourth-order valence-corrected chi connectivity index (χ4v) is 6.12. The van der Waals surface area contributed by atoms with Crippen molar-refractivity contribution in [1.29, 1.82) is 0 Å². The van der Waals surface area contributed by atoms with Crippen LogP contribution in [0.5, 0.6) is 0 Å². The Hall–Kier alpha value is -2.52. The molecule has 0 saturated carbocycles. The number of aryl methyl sites for hydroxylation is 1. The fourth-order valence-electron chi connectivity index (χ4n) is 3.48. The maximum absolute atomic E-state index is 13.4. The standard InChI is InChI=1S/C20H18FNO5S2/c1-12-4-6-28-19(12)10-22(14-5-7-29(25,26)11-14)20(24)18-9-16(23)15-8-13(21)2-3-17(15)27-18/h2-4,6,8-9,14H,5,7,10-11H2,1H3/t14-/m0/s1. The minimum absolute atomic E-state index is 0.0197. The van der Waals surface area contributed by atoms with Gasteiger partial charge in [-0.15, -0.1) is 11.3 Å². The molecular formula is C20H18FNO5S2. The lowest BCUT2D eigenvalue weighted by Gasteiger charge is -2.27. The average Bonchev–Trinajstić information content (AvgIpc) is 3.24. The molecule has 0 spiro atoms. The molecule has 1 atom stereocenters. The number of amides is 1. The second kappa shape index (κ2) is 7.38. The molecule has 2 aromatic heterocycles. The highest BCUT2D eigenvalue weighted by Gasteiger charge is 2.36. The Bertz CT molecular complexity index is 1260. The molecule has 6 nitrogen and oxygen atoms in total. The van der Waals surface area contributed by atoms with E-state index in [0.717, 1.165) is 28.6 Å². The van der Waals surface area contributed by atoms with Crippen LogP contribution in [-0.4, -0.2) is 36.8 Å². The van der Waals surface area contributed by atoms with Crippen molar-refractivity contribution in [3.8, 4) is 0 Å². The summed E-state index contributed by atoms with van der Waals surface area (Å²) in [4.78, 5) is 28.1. The van der Waals surface area contributed by atoms with E-state index < -0.39 is 33.0 Å². The molecule has 1 aromatic carbocycles. The number of benzene rings is 1. The van der Waals surface area contributed by atoms with Crippen LogP contribution in [0.2, 0.25) is 0 Å². The highest BCUT2D eigenvalue weighted by atomic mass is 32.2. The number of rotatable bonds is 4. The second-order valence-corrected chi connectivity index (χ2v) is 10.4. The Morgan fingerprint density at radius 2 is 2.10 bits per heavy atom. The predicted octanol–water partition coefficient (Wildman–Crippen LogP) is 3.13. The number of thiophene rings is 1. The van der Waals surface area contributed by atoms with Crippen molar-refractivity contribution in [1.82, 2.24) is 4.90 Å². The maximum atomic E-state index is 13.4. The van der Waals surface area contributed by atoms with Gasteiger partial charge in [0.25, 0.3) is 5.91 Å². The van der Waals surface area contributed by atoms with E-state index in [4.69, 9.17) is 4.42 Å². The van der Waals surface area contributed by atoms with Crippen LogP contribution in [0.15, 0.2) is 44.9 Å². The predicted molar refractivity (Wildman–Crippen MR) is 108 cm³/mol. The van der Waals surface area contributed by atoms with Crippen molar-refractivity contribution >= 4 is 38.1 Å². The Kier molecular flexibility index (Phi) is 5.04. The molecule has 1 aliphatic rings. The Morgan fingerprint density at radius 3 is 2.76 bits per heavy atom. The molecule has 3 aromatic rings. The van der Waals surface area contributed by atoms with Gasteiger partial charge in [-0.3, -0.25) is 9.59 Å². The van der Waals surface area contributed by atoms with Crippen molar-refractivity contribution in [2.24, 2.45) is 0 Å². The third kappa shape index (κ3) is 3.97. The molecule has 0 bridgehead atoms. The SMILES string of the molecule is Cc1ccsc1CN(C(=O)c1cc(=O)c2cc(F)ccc2o1)[C@H]1CCS(=O)(=O)C1. The molecule has 9 heteroatoms. The van der Waals surface area contributed by atoms with Crippen LogP contribution in [0.4, 0.5) is 4.39 Å². The first kappa shape index (κ1) is 19.8. The van der Waals surface area contributed by atoms with Crippen molar-refractivity contribution in [3.05, 3.63) is 68.0 Å². The third-order valence-corrected chi connectivity index (χ3v) is 7.85. The van der Waals surface area contributed by atoms with Gasteiger partial charge in [0, 0.05) is 17.0 Å². The van der Waals surface area contributed by atoms with E-state index in [1.165, 1.54) is 22.3 Å². The van der Waals surface area contributed by atoms with E-state index in [1.54, 1.807) is 0 Å². The molecule has 29 heavy (non-hydrogen) atoms. The Morgan fingerprint density at radius 1 is 1.31 bits per heavy atom. The lowest BCUT2D eigenvalue weighted by molar-refractivity contribution is 0.0650. The second-order valence-electron chi connectivity index (χ2n) is 7.13. The molecule has 152 valence electrons. The Labute approximate surface area is 170 Å². The van der Waals surface area contributed by atoms with Crippen molar-refractivity contribution in [2.45, 2.75) is 25.9 Å². The molecule has 0 unspecified atom stereocenters. The summed E-state index contributed by atoms with van der Waals surface area (Å²) >= 11 is 1.48. The largest absolute Gasteiger partial charge is 0.451 e. The van der Waals surface area contributed by atoms with Gasteiger partial charge in [-0.1, -0.05) is 0 Å². The molecule has 0 N–H and O–H groups in total. The summed E-state index contributed by atoms with van der Waals surface area (Å²) in [5.41, 5.74) is 0.582. The van der Waals surface area contributed by atoms with E-state index in [0.29, 0.717) is 6.42 Å². The maximum Gasteiger partial charge on any atom is 0.290 e. The van der Waals surface area contributed by atoms with E-state index in [2.05, 4.69) is 0 Å². The van der Waals surface area contributed by atoms with Crippen molar-refractivity contribution in [3.63, 3.8) is 0 Å². The van der Waals surface area contributed by atoms with Crippen LogP contribution in [0.3, 0.4) is 0 Å². The van der Waals surface area contributed by atoms with Gasteiger partial charge in [0.1, 0.15) is 11.4 Å². The highest BCUT2D eigenvalue weighted by Crippen LogP contribution is 2.26. The average molecular weight is 435 g/mol. The third-order valence-electron chi connectivity index (χ3n) is 5.09. The number of nitrogens with zero attached hydrogens (tertiary/aromatic N) is 1. The monoisotopic (exact) mass is 435 g/mol. The number of halogens is 1. The minimum Gasteiger partial charge on any atom is -0.451 e. The minimum atomic E-state index is -3.22. The first-order chi connectivity index (χ1) is 13.7. The first-order valence-electron chi connectivity index (χ1n) is 9.01. The topological polar surface area (TPSA) is 84.7 Å². The summed E-state index contributed by atoms with van der Waals surface area (Å²) < 4.78 is 43.0. The van der Waals surface area contributed by atoms with Crippen LogP contribution < -0.4 is 5.43 Å². The summed E-state index contributed by atoms with van der Waals surface area (Å²) in [5, 5.41) is 1.95. The van der Waals surface area contributed by atoms with E-state index >= 15 is 0 Å². The number of fused-ring (bicyclic) bond motifs is 1. The molecule has 1 fully saturated rings.